The largest absolute Gasteiger partial charge is 0.294 e. The Hall–Kier alpha value is -1.44. The molecule has 2 heteroatoms. The number of carbonyl (C=O) groups is 2. The van der Waals surface area contributed by atoms with Gasteiger partial charge in [-0.1, -0.05) is 32.0 Å². The summed E-state index contributed by atoms with van der Waals surface area (Å²) in [5.41, 5.74) is 1.29. The topological polar surface area (TPSA) is 34.1 Å². The predicted octanol–water partition coefficient (Wildman–Crippen LogP) is 3.26. The number of ketones is 2. The molecule has 0 spiro atoms. The SMILES string of the molecule is CCCC(=O)c1cccc(C(=O)CC)c1. The van der Waals surface area contributed by atoms with Crippen molar-refractivity contribution in [3.63, 3.8) is 0 Å². The van der Waals surface area contributed by atoms with Crippen molar-refractivity contribution >= 4 is 11.6 Å². The summed E-state index contributed by atoms with van der Waals surface area (Å²) in [6.07, 6.45) is 1.86. The summed E-state index contributed by atoms with van der Waals surface area (Å²) in [5.74, 6) is 0.199. The van der Waals surface area contributed by atoms with Gasteiger partial charge in [0.25, 0.3) is 0 Å². The van der Waals surface area contributed by atoms with Crippen LogP contribution >= 0.6 is 0 Å². The molecule has 0 bridgehead atoms. The molecule has 2 nitrogen and oxygen atoms in total. The lowest BCUT2D eigenvalue weighted by Crippen LogP contribution is -2.02. The minimum atomic E-state index is 0.0844. The highest BCUT2D eigenvalue weighted by Crippen LogP contribution is 2.10. The van der Waals surface area contributed by atoms with Gasteiger partial charge in [-0.15, -0.1) is 0 Å². The Labute approximate surface area is 90.3 Å². The van der Waals surface area contributed by atoms with E-state index in [1.165, 1.54) is 0 Å². The summed E-state index contributed by atoms with van der Waals surface area (Å²) in [6.45, 7) is 3.79. The molecule has 0 N–H and O–H groups in total. The zero-order chi connectivity index (χ0) is 11.3. The molecule has 0 unspecified atom stereocenters. The molecule has 15 heavy (non-hydrogen) atoms. The summed E-state index contributed by atoms with van der Waals surface area (Å²) in [7, 11) is 0. The molecule has 1 aromatic rings. The van der Waals surface area contributed by atoms with E-state index < -0.39 is 0 Å². The van der Waals surface area contributed by atoms with Gasteiger partial charge < -0.3 is 0 Å². The van der Waals surface area contributed by atoms with Crippen LogP contribution in [-0.2, 0) is 0 Å². The number of hydrogen-bond acceptors (Lipinski definition) is 2. The van der Waals surface area contributed by atoms with E-state index in [1.54, 1.807) is 24.3 Å². The third-order valence-corrected chi connectivity index (χ3v) is 2.30. The number of rotatable bonds is 5. The summed E-state index contributed by atoms with van der Waals surface area (Å²) in [6, 6.07) is 6.99. The molecular formula is C13H16O2. The Morgan fingerprint density at radius 3 is 2.20 bits per heavy atom. The van der Waals surface area contributed by atoms with Crippen LogP contribution in [-0.4, -0.2) is 11.6 Å². The van der Waals surface area contributed by atoms with Gasteiger partial charge in [-0.05, 0) is 12.5 Å². The first-order chi connectivity index (χ1) is 7.19. The fraction of sp³-hybridized carbons (Fsp3) is 0.385. The van der Waals surface area contributed by atoms with Crippen LogP contribution in [0.4, 0.5) is 0 Å². The van der Waals surface area contributed by atoms with Crippen molar-refractivity contribution < 1.29 is 9.59 Å². The second-order valence-electron chi connectivity index (χ2n) is 3.53. The summed E-state index contributed by atoms with van der Waals surface area (Å²) in [4.78, 5) is 23.0. The Balaban J connectivity index is 2.92. The zero-order valence-corrected chi connectivity index (χ0v) is 9.25. The molecule has 0 amide bonds. The van der Waals surface area contributed by atoms with Crippen LogP contribution in [0.3, 0.4) is 0 Å². The van der Waals surface area contributed by atoms with Crippen LogP contribution in [0.5, 0.6) is 0 Å². The van der Waals surface area contributed by atoms with E-state index in [0.717, 1.165) is 6.42 Å². The number of hydrogen-bond donors (Lipinski definition) is 0. The monoisotopic (exact) mass is 204 g/mol. The summed E-state index contributed by atoms with van der Waals surface area (Å²) in [5, 5.41) is 0. The molecular weight excluding hydrogens is 188 g/mol. The van der Waals surface area contributed by atoms with Crippen molar-refractivity contribution in [3.8, 4) is 0 Å². The van der Waals surface area contributed by atoms with E-state index in [2.05, 4.69) is 0 Å². The molecule has 80 valence electrons. The van der Waals surface area contributed by atoms with Crippen LogP contribution in [0.15, 0.2) is 24.3 Å². The normalized spacial score (nSPS) is 10.0. The van der Waals surface area contributed by atoms with Crippen LogP contribution in [0.25, 0.3) is 0 Å². The van der Waals surface area contributed by atoms with Crippen LogP contribution in [0, 0.1) is 0 Å². The molecule has 0 fully saturated rings. The average Bonchev–Trinajstić information content (AvgIpc) is 2.28. The van der Waals surface area contributed by atoms with Gasteiger partial charge in [0.15, 0.2) is 11.6 Å². The highest BCUT2D eigenvalue weighted by molar-refractivity contribution is 6.01. The summed E-state index contributed by atoms with van der Waals surface area (Å²) >= 11 is 0. The van der Waals surface area contributed by atoms with Gasteiger partial charge in [-0.25, -0.2) is 0 Å². The molecule has 0 saturated carbocycles. The van der Waals surface area contributed by atoms with Crippen molar-refractivity contribution in [2.75, 3.05) is 0 Å². The highest BCUT2D eigenvalue weighted by Gasteiger charge is 2.08. The van der Waals surface area contributed by atoms with Crippen molar-refractivity contribution in [2.24, 2.45) is 0 Å². The van der Waals surface area contributed by atoms with E-state index in [0.29, 0.717) is 24.0 Å². The quantitative estimate of drug-likeness (QED) is 0.690. The van der Waals surface area contributed by atoms with Crippen LogP contribution in [0.1, 0.15) is 53.8 Å². The molecule has 1 aromatic carbocycles. The second kappa shape index (κ2) is 5.44. The zero-order valence-electron chi connectivity index (χ0n) is 9.25. The number of benzene rings is 1. The molecule has 0 atom stereocenters. The Morgan fingerprint density at radius 2 is 1.67 bits per heavy atom. The Morgan fingerprint density at radius 1 is 1.07 bits per heavy atom. The highest BCUT2D eigenvalue weighted by atomic mass is 16.1. The first-order valence-electron chi connectivity index (χ1n) is 5.35. The maximum atomic E-state index is 11.6. The molecule has 0 aromatic heterocycles. The van der Waals surface area contributed by atoms with Crippen LogP contribution in [0.2, 0.25) is 0 Å². The lowest BCUT2D eigenvalue weighted by Gasteiger charge is -2.02. The molecule has 0 aliphatic carbocycles. The maximum absolute atomic E-state index is 11.6. The third kappa shape index (κ3) is 3.01. The molecule has 0 saturated heterocycles. The maximum Gasteiger partial charge on any atom is 0.162 e. The molecule has 1 rings (SSSR count). The smallest absolute Gasteiger partial charge is 0.162 e. The van der Waals surface area contributed by atoms with E-state index in [9.17, 15) is 9.59 Å². The van der Waals surface area contributed by atoms with Gasteiger partial charge >= 0.3 is 0 Å². The molecule has 0 radical (unpaired) electrons. The van der Waals surface area contributed by atoms with Gasteiger partial charge in [0.2, 0.25) is 0 Å². The van der Waals surface area contributed by atoms with Gasteiger partial charge in [-0.3, -0.25) is 9.59 Å². The van der Waals surface area contributed by atoms with Crippen molar-refractivity contribution in [2.45, 2.75) is 33.1 Å². The van der Waals surface area contributed by atoms with Crippen molar-refractivity contribution in [1.29, 1.82) is 0 Å². The van der Waals surface area contributed by atoms with Gasteiger partial charge in [0.1, 0.15) is 0 Å². The van der Waals surface area contributed by atoms with Gasteiger partial charge in [-0.2, -0.15) is 0 Å². The molecule has 0 aliphatic heterocycles. The van der Waals surface area contributed by atoms with Crippen molar-refractivity contribution in [3.05, 3.63) is 35.4 Å². The lowest BCUT2D eigenvalue weighted by atomic mass is 10.0. The first-order valence-corrected chi connectivity index (χ1v) is 5.35. The first kappa shape index (κ1) is 11.6. The average molecular weight is 204 g/mol. The number of Topliss-reactive ketones (excluding diaryl/α,β-unsaturated/α-hetero) is 2. The summed E-state index contributed by atoms with van der Waals surface area (Å²) < 4.78 is 0. The second-order valence-corrected chi connectivity index (χ2v) is 3.53. The number of carbonyl (C=O) groups excluding carboxylic acids is 2. The Bertz CT molecular complexity index is 367. The molecule has 0 aliphatic rings. The third-order valence-electron chi connectivity index (χ3n) is 2.30. The van der Waals surface area contributed by atoms with E-state index in [4.69, 9.17) is 0 Å². The standard InChI is InChI=1S/C13H16O2/c1-3-6-13(15)11-8-5-7-10(9-11)12(14)4-2/h5,7-9H,3-4,6H2,1-2H3. The Kier molecular flexibility index (Phi) is 4.22. The van der Waals surface area contributed by atoms with Gasteiger partial charge in [0, 0.05) is 24.0 Å². The fourth-order valence-electron chi connectivity index (χ4n) is 1.44. The minimum absolute atomic E-state index is 0.0844. The van der Waals surface area contributed by atoms with Crippen molar-refractivity contribution in [1.82, 2.24) is 0 Å². The predicted molar refractivity (Wildman–Crippen MR) is 60.3 cm³/mol. The van der Waals surface area contributed by atoms with Gasteiger partial charge in [0.05, 0.1) is 0 Å². The van der Waals surface area contributed by atoms with Crippen LogP contribution < -0.4 is 0 Å². The fourth-order valence-corrected chi connectivity index (χ4v) is 1.44. The molecule has 0 heterocycles. The van der Waals surface area contributed by atoms with E-state index in [-0.39, 0.29) is 11.6 Å². The minimum Gasteiger partial charge on any atom is -0.294 e. The lowest BCUT2D eigenvalue weighted by molar-refractivity contribution is 0.0981. The van der Waals surface area contributed by atoms with E-state index in [1.807, 2.05) is 13.8 Å². The van der Waals surface area contributed by atoms with E-state index >= 15 is 0 Å².